The summed E-state index contributed by atoms with van der Waals surface area (Å²) < 4.78 is 19.3. The number of nitro benzene ring substituents is 1. The molecule has 0 saturated carbocycles. The Bertz CT molecular complexity index is 661. The molecule has 0 unspecified atom stereocenters. The number of alkyl halides is 1. The van der Waals surface area contributed by atoms with Crippen molar-refractivity contribution < 1.29 is 14.1 Å². The second-order valence-corrected chi connectivity index (χ2v) is 4.67. The van der Waals surface area contributed by atoms with Gasteiger partial charge in [-0.15, -0.1) is 0 Å². The van der Waals surface area contributed by atoms with Gasteiger partial charge in [0.1, 0.15) is 17.3 Å². The predicted molar refractivity (Wildman–Crippen MR) is 76.9 cm³/mol. The lowest BCUT2D eigenvalue weighted by Gasteiger charge is -2.12. The molecule has 0 aliphatic heterocycles. The maximum absolute atomic E-state index is 13.6. The van der Waals surface area contributed by atoms with Crippen LogP contribution in [0.1, 0.15) is 11.1 Å². The van der Waals surface area contributed by atoms with Crippen LogP contribution in [0.4, 0.5) is 10.1 Å². The van der Waals surface area contributed by atoms with E-state index in [2.05, 4.69) is 15.9 Å². The smallest absolute Gasteiger partial charge is 0.276 e. The molecular weight excluding hydrogens is 329 g/mol. The van der Waals surface area contributed by atoms with E-state index in [0.29, 0.717) is 28.0 Å². The molecule has 2 aromatic carbocycles. The largest absolute Gasteiger partial charge is 0.456 e. The van der Waals surface area contributed by atoms with E-state index in [-0.39, 0.29) is 11.5 Å². The molecule has 0 aliphatic rings. The van der Waals surface area contributed by atoms with Crippen LogP contribution in [0.25, 0.3) is 0 Å². The van der Waals surface area contributed by atoms with E-state index >= 15 is 0 Å². The highest BCUT2D eigenvalue weighted by Gasteiger charge is 2.16. The zero-order valence-electron chi connectivity index (χ0n) is 10.6. The number of benzene rings is 2. The number of hydrogen-bond donors (Lipinski definition) is 0. The van der Waals surface area contributed by atoms with Crippen molar-refractivity contribution in [2.45, 2.75) is 12.3 Å². The summed E-state index contributed by atoms with van der Waals surface area (Å²) in [4.78, 5) is 10.4. The first-order valence-electron chi connectivity index (χ1n) is 5.79. The van der Waals surface area contributed by atoms with Gasteiger partial charge in [-0.05, 0) is 25.1 Å². The summed E-state index contributed by atoms with van der Waals surface area (Å²) in [7, 11) is 0. The van der Waals surface area contributed by atoms with Crippen molar-refractivity contribution in [3.05, 3.63) is 63.5 Å². The highest BCUT2D eigenvalue weighted by Crippen LogP contribution is 2.33. The number of halogens is 2. The Hall–Kier alpha value is -1.95. The Morgan fingerprint density at radius 2 is 1.90 bits per heavy atom. The fourth-order valence-corrected chi connectivity index (χ4v) is 2.34. The van der Waals surface area contributed by atoms with Crippen LogP contribution in [0, 0.1) is 22.9 Å². The molecule has 0 atom stereocenters. The molecule has 20 heavy (non-hydrogen) atoms. The van der Waals surface area contributed by atoms with Crippen LogP contribution < -0.4 is 4.74 Å². The van der Waals surface area contributed by atoms with Gasteiger partial charge in [0.05, 0.1) is 10.5 Å². The molecule has 0 saturated heterocycles. The molecular formula is C14H11BrFNO3. The fourth-order valence-electron chi connectivity index (χ4n) is 1.79. The van der Waals surface area contributed by atoms with Crippen molar-refractivity contribution in [3.63, 3.8) is 0 Å². The van der Waals surface area contributed by atoms with Crippen molar-refractivity contribution in [1.29, 1.82) is 0 Å². The van der Waals surface area contributed by atoms with Crippen LogP contribution in [-0.2, 0) is 5.33 Å². The topological polar surface area (TPSA) is 52.4 Å². The lowest BCUT2D eigenvalue weighted by Crippen LogP contribution is -1.97. The SMILES string of the molecule is Cc1c(Oc2cccc(F)c2CBr)cccc1[N+](=O)[O-]. The Morgan fingerprint density at radius 1 is 1.25 bits per heavy atom. The minimum Gasteiger partial charge on any atom is -0.456 e. The molecule has 2 aromatic rings. The summed E-state index contributed by atoms with van der Waals surface area (Å²) in [6.07, 6.45) is 0. The molecule has 0 bridgehead atoms. The molecule has 0 aromatic heterocycles. The Morgan fingerprint density at radius 3 is 2.55 bits per heavy atom. The number of ether oxygens (including phenoxy) is 1. The van der Waals surface area contributed by atoms with Gasteiger partial charge in [-0.2, -0.15) is 0 Å². The molecule has 0 radical (unpaired) electrons. The van der Waals surface area contributed by atoms with Crippen LogP contribution in [-0.4, -0.2) is 4.92 Å². The molecule has 0 aliphatic carbocycles. The molecule has 0 N–H and O–H groups in total. The van der Waals surface area contributed by atoms with Gasteiger partial charge in [0.15, 0.2) is 0 Å². The van der Waals surface area contributed by atoms with E-state index in [1.165, 1.54) is 24.3 Å². The number of nitrogens with zero attached hydrogens (tertiary/aromatic N) is 1. The van der Waals surface area contributed by atoms with Crippen LogP contribution >= 0.6 is 15.9 Å². The predicted octanol–water partition coefficient (Wildman–Crippen LogP) is 4.73. The fraction of sp³-hybridized carbons (Fsp3) is 0.143. The van der Waals surface area contributed by atoms with Gasteiger partial charge in [-0.3, -0.25) is 10.1 Å². The van der Waals surface area contributed by atoms with Crippen molar-refractivity contribution in [2.75, 3.05) is 0 Å². The zero-order chi connectivity index (χ0) is 14.7. The quantitative estimate of drug-likeness (QED) is 0.459. The zero-order valence-corrected chi connectivity index (χ0v) is 12.2. The maximum atomic E-state index is 13.6. The highest BCUT2D eigenvalue weighted by atomic mass is 79.9. The third kappa shape index (κ3) is 2.80. The number of hydrogen-bond acceptors (Lipinski definition) is 3. The molecule has 0 fully saturated rings. The van der Waals surface area contributed by atoms with Crippen LogP contribution in [0.5, 0.6) is 11.5 Å². The maximum Gasteiger partial charge on any atom is 0.276 e. The van der Waals surface area contributed by atoms with Gasteiger partial charge in [0, 0.05) is 17.0 Å². The Kier molecular flexibility index (Phi) is 4.34. The third-order valence-corrected chi connectivity index (χ3v) is 3.44. The third-order valence-electron chi connectivity index (χ3n) is 2.88. The van der Waals surface area contributed by atoms with E-state index in [9.17, 15) is 14.5 Å². The van der Waals surface area contributed by atoms with Gasteiger partial charge in [0.25, 0.3) is 5.69 Å². The van der Waals surface area contributed by atoms with Gasteiger partial charge < -0.3 is 4.74 Å². The van der Waals surface area contributed by atoms with Crippen LogP contribution in [0.15, 0.2) is 36.4 Å². The summed E-state index contributed by atoms with van der Waals surface area (Å²) >= 11 is 3.20. The first-order chi connectivity index (χ1) is 9.54. The second-order valence-electron chi connectivity index (χ2n) is 4.11. The standard InChI is InChI=1S/C14H11BrFNO3/c1-9-12(17(18)19)5-3-6-13(9)20-14-7-2-4-11(16)10(14)8-15/h2-7H,8H2,1H3. The molecule has 0 spiro atoms. The summed E-state index contributed by atoms with van der Waals surface area (Å²) in [6.45, 7) is 1.60. The van der Waals surface area contributed by atoms with Gasteiger partial charge in [0.2, 0.25) is 0 Å². The van der Waals surface area contributed by atoms with Crippen molar-refractivity contribution in [1.82, 2.24) is 0 Å². The van der Waals surface area contributed by atoms with Crippen LogP contribution in [0.3, 0.4) is 0 Å². The second kappa shape index (κ2) is 6.00. The summed E-state index contributed by atoms with van der Waals surface area (Å²) in [5, 5.41) is 11.2. The van der Waals surface area contributed by atoms with Gasteiger partial charge in [-0.1, -0.05) is 28.1 Å². The average molecular weight is 340 g/mol. The lowest BCUT2D eigenvalue weighted by atomic mass is 10.1. The monoisotopic (exact) mass is 339 g/mol. The Balaban J connectivity index is 2.43. The summed E-state index contributed by atoms with van der Waals surface area (Å²) in [5.74, 6) is 0.292. The molecule has 0 heterocycles. The highest BCUT2D eigenvalue weighted by molar-refractivity contribution is 9.08. The van der Waals surface area contributed by atoms with E-state index in [4.69, 9.17) is 4.74 Å². The van der Waals surface area contributed by atoms with Crippen molar-refractivity contribution in [3.8, 4) is 11.5 Å². The summed E-state index contributed by atoms with van der Waals surface area (Å²) in [6, 6.07) is 9.04. The van der Waals surface area contributed by atoms with Gasteiger partial charge in [-0.25, -0.2) is 4.39 Å². The average Bonchev–Trinajstić information content (AvgIpc) is 2.41. The van der Waals surface area contributed by atoms with Gasteiger partial charge >= 0.3 is 0 Å². The molecule has 6 heteroatoms. The number of nitro groups is 1. The van der Waals surface area contributed by atoms with E-state index in [1.54, 1.807) is 19.1 Å². The first-order valence-corrected chi connectivity index (χ1v) is 6.92. The number of rotatable bonds is 4. The lowest BCUT2D eigenvalue weighted by molar-refractivity contribution is -0.385. The molecule has 104 valence electrons. The first kappa shape index (κ1) is 14.5. The van der Waals surface area contributed by atoms with E-state index in [0.717, 1.165) is 0 Å². The van der Waals surface area contributed by atoms with Crippen LogP contribution in [0.2, 0.25) is 0 Å². The summed E-state index contributed by atoms with van der Waals surface area (Å²) in [5.41, 5.74) is 0.750. The van der Waals surface area contributed by atoms with E-state index < -0.39 is 4.92 Å². The minimum atomic E-state index is -0.473. The van der Waals surface area contributed by atoms with E-state index in [1.807, 2.05) is 0 Å². The Labute approximate surface area is 123 Å². The minimum absolute atomic E-state index is 0.0284. The van der Waals surface area contributed by atoms with Crippen molar-refractivity contribution in [2.24, 2.45) is 0 Å². The normalized spacial score (nSPS) is 10.3. The molecule has 0 amide bonds. The van der Waals surface area contributed by atoms with Crippen molar-refractivity contribution >= 4 is 21.6 Å². The molecule has 4 nitrogen and oxygen atoms in total. The molecule has 2 rings (SSSR count).